The molecule has 2 N–H and O–H groups in total. The Balaban J connectivity index is 1.39. The van der Waals surface area contributed by atoms with E-state index in [9.17, 15) is 4.79 Å². The molecule has 4 heterocycles. The molecular formula is C16H19N5O2S3. The van der Waals surface area contributed by atoms with Crippen molar-refractivity contribution < 1.29 is 4.74 Å². The van der Waals surface area contributed by atoms with Crippen molar-refractivity contribution in [1.29, 1.82) is 0 Å². The third-order valence-corrected chi connectivity index (χ3v) is 7.46. The van der Waals surface area contributed by atoms with Crippen molar-refractivity contribution in [3.63, 3.8) is 0 Å². The molecule has 1 aliphatic rings. The van der Waals surface area contributed by atoms with Crippen molar-refractivity contribution in [3.8, 4) is 0 Å². The quantitative estimate of drug-likeness (QED) is 0.603. The van der Waals surface area contributed by atoms with Gasteiger partial charge in [0, 0.05) is 18.0 Å². The summed E-state index contributed by atoms with van der Waals surface area (Å²) in [4.78, 5) is 21.7. The Labute approximate surface area is 162 Å². The second kappa shape index (κ2) is 7.63. The van der Waals surface area contributed by atoms with Crippen LogP contribution in [0.2, 0.25) is 0 Å². The maximum atomic E-state index is 12.3. The van der Waals surface area contributed by atoms with Gasteiger partial charge in [0.1, 0.15) is 10.7 Å². The van der Waals surface area contributed by atoms with Crippen LogP contribution in [0.1, 0.15) is 29.1 Å². The van der Waals surface area contributed by atoms with E-state index < -0.39 is 0 Å². The number of thiophene rings is 1. The van der Waals surface area contributed by atoms with Gasteiger partial charge < -0.3 is 15.0 Å². The van der Waals surface area contributed by atoms with Gasteiger partial charge in [0.05, 0.1) is 17.2 Å². The van der Waals surface area contributed by atoms with E-state index in [0.717, 1.165) is 50.7 Å². The summed E-state index contributed by atoms with van der Waals surface area (Å²) >= 11 is 4.60. The monoisotopic (exact) mass is 409 g/mol. The summed E-state index contributed by atoms with van der Waals surface area (Å²) in [5, 5.41) is 13.1. The number of nitrogens with zero attached hydrogens (tertiary/aromatic N) is 3. The van der Waals surface area contributed by atoms with Gasteiger partial charge in [-0.2, -0.15) is 0 Å². The Bertz CT molecular complexity index is 974. The van der Waals surface area contributed by atoms with Gasteiger partial charge in [-0.15, -0.1) is 21.5 Å². The number of rotatable bonds is 6. The number of ether oxygens (including phenoxy) is 1. The van der Waals surface area contributed by atoms with Crippen LogP contribution >= 0.6 is 34.4 Å². The lowest BCUT2D eigenvalue weighted by molar-refractivity contribution is 0.120. The third-order valence-electron chi connectivity index (χ3n) is 4.33. The molecule has 0 amide bonds. The summed E-state index contributed by atoms with van der Waals surface area (Å²) in [5.41, 5.74) is 0.952. The van der Waals surface area contributed by atoms with Crippen LogP contribution in [0.25, 0.3) is 10.2 Å². The molecule has 0 aromatic carbocycles. The summed E-state index contributed by atoms with van der Waals surface area (Å²) in [6.45, 7) is 5.60. The van der Waals surface area contributed by atoms with Crippen LogP contribution in [0.4, 0.5) is 5.13 Å². The average molecular weight is 410 g/mol. The molecule has 1 aliphatic heterocycles. The lowest BCUT2D eigenvalue weighted by atomic mass is 10.2. The highest BCUT2D eigenvalue weighted by Crippen LogP contribution is 2.29. The molecule has 0 radical (unpaired) electrons. The Morgan fingerprint density at radius 3 is 3.04 bits per heavy atom. The predicted molar refractivity (Wildman–Crippen MR) is 107 cm³/mol. The summed E-state index contributed by atoms with van der Waals surface area (Å²) in [7, 11) is 0. The number of H-pyrrole nitrogens is 1. The molecular weight excluding hydrogens is 390 g/mol. The van der Waals surface area contributed by atoms with E-state index in [1.54, 1.807) is 11.3 Å². The first-order chi connectivity index (χ1) is 12.6. The van der Waals surface area contributed by atoms with Crippen LogP contribution in [0, 0.1) is 13.8 Å². The first-order valence-corrected chi connectivity index (χ1v) is 11.0. The fourth-order valence-electron chi connectivity index (χ4n) is 2.84. The highest BCUT2D eigenvalue weighted by atomic mass is 32.2. The van der Waals surface area contributed by atoms with Crippen LogP contribution in [0.15, 0.2) is 9.13 Å². The number of nitrogens with one attached hydrogen (secondary N) is 2. The minimum Gasteiger partial charge on any atom is -0.376 e. The van der Waals surface area contributed by atoms with Gasteiger partial charge in [0.25, 0.3) is 5.56 Å². The predicted octanol–water partition coefficient (Wildman–Crippen LogP) is 3.34. The number of aromatic nitrogens is 4. The van der Waals surface area contributed by atoms with Crippen LogP contribution in [-0.2, 0) is 10.5 Å². The standard InChI is InChI=1S/C16H19N5O2S3/c1-8-9(2)25-14-12(8)13(22)18-11(19-14)7-24-16-21-20-15(26-16)17-6-10-4-3-5-23-10/h10H,3-7H2,1-2H3,(H,17,20)(H,18,19,22)/t10-/m0/s1. The molecule has 0 spiro atoms. The van der Waals surface area contributed by atoms with E-state index >= 15 is 0 Å². The van der Waals surface area contributed by atoms with E-state index in [0.29, 0.717) is 17.0 Å². The van der Waals surface area contributed by atoms with E-state index in [2.05, 4.69) is 25.5 Å². The van der Waals surface area contributed by atoms with E-state index in [-0.39, 0.29) is 11.7 Å². The Kier molecular flexibility index (Phi) is 5.25. The van der Waals surface area contributed by atoms with Crippen molar-refractivity contribution in [2.24, 2.45) is 0 Å². The zero-order valence-electron chi connectivity index (χ0n) is 14.5. The summed E-state index contributed by atoms with van der Waals surface area (Å²) in [5.74, 6) is 1.22. The second-order valence-corrected chi connectivity index (χ2v) is 9.56. The van der Waals surface area contributed by atoms with Crippen LogP contribution in [-0.4, -0.2) is 39.4 Å². The number of anilines is 1. The number of thioether (sulfide) groups is 1. The minimum absolute atomic E-state index is 0.0661. The molecule has 1 atom stereocenters. The van der Waals surface area contributed by atoms with Gasteiger partial charge in [-0.1, -0.05) is 23.1 Å². The molecule has 138 valence electrons. The first-order valence-electron chi connectivity index (χ1n) is 8.41. The van der Waals surface area contributed by atoms with Gasteiger partial charge in [-0.05, 0) is 32.3 Å². The highest BCUT2D eigenvalue weighted by molar-refractivity contribution is 8.00. The molecule has 1 fully saturated rings. The SMILES string of the molecule is Cc1sc2nc(CSc3nnc(NC[C@@H]4CCCO4)s3)[nH]c(=O)c2c1C. The van der Waals surface area contributed by atoms with E-state index in [1.165, 1.54) is 23.1 Å². The molecule has 26 heavy (non-hydrogen) atoms. The molecule has 0 aliphatic carbocycles. The summed E-state index contributed by atoms with van der Waals surface area (Å²) < 4.78 is 6.44. The molecule has 0 saturated carbocycles. The molecule has 0 unspecified atom stereocenters. The largest absolute Gasteiger partial charge is 0.376 e. The molecule has 10 heteroatoms. The number of aromatic amines is 1. The summed E-state index contributed by atoms with van der Waals surface area (Å²) in [6, 6.07) is 0. The van der Waals surface area contributed by atoms with E-state index in [4.69, 9.17) is 4.74 Å². The van der Waals surface area contributed by atoms with Gasteiger partial charge in [0.15, 0.2) is 4.34 Å². The van der Waals surface area contributed by atoms with Gasteiger partial charge >= 0.3 is 0 Å². The third kappa shape index (κ3) is 3.78. The number of hydrogen-bond donors (Lipinski definition) is 2. The van der Waals surface area contributed by atoms with Crippen molar-refractivity contribution in [3.05, 3.63) is 26.6 Å². The smallest absolute Gasteiger partial charge is 0.259 e. The average Bonchev–Trinajstić information content (AvgIpc) is 3.33. The molecule has 0 bridgehead atoms. The fraction of sp³-hybridized carbons (Fsp3) is 0.500. The van der Waals surface area contributed by atoms with Crippen molar-refractivity contribution in [2.45, 2.75) is 42.9 Å². The van der Waals surface area contributed by atoms with Gasteiger partial charge in [0.2, 0.25) is 5.13 Å². The zero-order chi connectivity index (χ0) is 18.1. The lowest BCUT2D eigenvalue weighted by Crippen LogP contribution is -2.18. The highest BCUT2D eigenvalue weighted by Gasteiger charge is 2.16. The molecule has 3 aromatic rings. The van der Waals surface area contributed by atoms with Gasteiger partial charge in [-0.25, -0.2) is 4.98 Å². The van der Waals surface area contributed by atoms with Crippen molar-refractivity contribution in [1.82, 2.24) is 20.2 Å². The maximum absolute atomic E-state index is 12.3. The maximum Gasteiger partial charge on any atom is 0.259 e. The Hall–Kier alpha value is -1.49. The first kappa shape index (κ1) is 17.9. The Morgan fingerprint density at radius 1 is 1.35 bits per heavy atom. The van der Waals surface area contributed by atoms with Gasteiger partial charge in [-0.3, -0.25) is 4.79 Å². The van der Waals surface area contributed by atoms with Crippen LogP contribution in [0.3, 0.4) is 0 Å². The van der Waals surface area contributed by atoms with Crippen LogP contribution in [0.5, 0.6) is 0 Å². The van der Waals surface area contributed by atoms with Crippen molar-refractivity contribution >= 4 is 49.8 Å². The Morgan fingerprint density at radius 2 is 2.23 bits per heavy atom. The normalized spacial score (nSPS) is 17.2. The molecule has 7 nitrogen and oxygen atoms in total. The zero-order valence-corrected chi connectivity index (χ0v) is 16.9. The summed E-state index contributed by atoms with van der Waals surface area (Å²) in [6.07, 6.45) is 2.49. The molecule has 3 aromatic heterocycles. The second-order valence-electron chi connectivity index (χ2n) is 6.15. The fourth-order valence-corrected chi connectivity index (χ4v) is 5.52. The number of hydrogen-bond acceptors (Lipinski definition) is 9. The number of fused-ring (bicyclic) bond motifs is 1. The molecule has 1 saturated heterocycles. The van der Waals surface area contributed by atoms with Crippen LogP contribution < -0.4 is 10.9 Å². The van der Waals surface area contributed by atoms with Crippen molar-refractivity contribution in [2.75, 3.05) is 18.5 Å². The molecule has 4 rings (SSSR count). The van der Waals surface area contributed by atoms with E-state index in [1.807, 2.05) is 13.8 Å². The topological polar surface area (TPSA) is 92.8 Å². The number of aryl methyl sites for hydroxylation is 2. The minimum atomic E-state index is -0.0661. The lowest BCUT2D eigenvalue weighted by Gasteiger charge is -2.08.